The van der Waals surface area contributed by atoms with E-state index in [1.165, 1.54) is 14.2 Å². The Hall–Kier alpha value is -1.43. The molecule has 0 bridgehead atoms. The van der Waals surface area contributed by atoms with Gasteiger partial charge in [-0.1, -0.05) is 0 Å². The lowest BCUT2D eigenvalue weighted by atomic mass is 10.1. The van der Waals surface area contributed by atoms with Gasteiger partial charge in [0.2, 0.25) is 0 Å². The van der Waals surface area contributed by atoms with Crippen LogP contribution in [0.5, 0.6) is 11.5 Å². The number of benzene rings is 1. The number of hydrogen-bond acceptors (Lipinski definition) is 5. The first-order valence-electron chi connectivity index (χ1n) is 6.09. The molecular weight excluding hydrogens is 319 g/mol. The molecule has 0 spiro atoms. The summed E-state index contributed by atoms with van der Waals surface area (Å²) in [6.45, 7) is 0. The van der Waals surface area contributed by atoms with Crippen LogP contribution in [0.3, 0.4) is 0 Å². The topological polar surface area (TPSA) is 68.9 Å². The Morgan fingerprint density at radius 3 is 2.57 bits per heavy atom. The fourth-order valence-electron chi connectivity index (χ4n) is 1.97. The molecule has 5 nitrogen and oxygen atoms in total. The van der Waals surface area contributed by atoms with E-state index in [1.54, 1.807) is 18.2 Å². The van der Waals surface area contributed by atoms with Crippen molar-refractivity contribution in [2.45, 2.75) is 11.5 Å². The number of halogens is 2. The van der Waals surface area contributed by atoms with E-state index in [9.17, 15) is 9.90 Å². The van der Waals surface area contributed by atoms with Gasteiger partial charge in [-0.3, -0.25) is 0 Å². The Kier molecular flexibility index (Phi) is 4.98. The lowest BCUT2D eigenvalue weighted by Gasteiger charge is -2.14. The first-order chi connectivity index (χ1) is 10.0. The third kappa shape index (κ3) is 3.10. The molecule has 1 aromatic carbocycles. The molecule has 2 unspecified atom stereocenters. The summed E-state index contributed by atoms with van der Waals surface area (Å²) >= 11 is 11.6. The molecule has 2 aromatic rings. The maximum atomic E-state index is 12.1. The standard InChI is InChI=1S/C14H14Cl2O5/c1-19-8-3-7-4-11(13(16)9(17)6-15)21-14(18)12(7)10(5-8)20-2/h3-5,9,13,17H,6H2,1-2H3. The number of alkyl halides is 2. The Labute approximate surface area is 131 Å². The number of rotatable bonds is 5. The smallest absolute Gasteiger partial charge is 0.347 e. The summed E-state index contributed by atoms with van der Waals surface area (Å²) in [4.78, 5) is 12.1. The first kappa shape index (κ1) is 15.9. The van der Waals surface area contributed by atoms with Crippen LogP contribution in [0.2, 0.25) is 0 Å². The van der Waals surface area contributed by atoms with E-state index in [1.807, 2.05) is 0 Å². The Morgan fingerprint density at radius 1 is 1.29 bits per heavy atom. The molecule has 1 heterocycles. The van der Waals surface area contributed by atoms with Gasteiger partial charge >= 0.3 is 5.63 Å². The van der Waals surface area contributed by atoms with Gasteiger partial charge in [0.05, 0.1) is 26.2 Å². The van der Waals surface area contributed by atoms with Crippen LogP contribution < -0.4 is 15.1 Å². The maximum Gasteiger partial charge on any atom is 0.347 e. The van der Waals surface area contributed by atoms with Gasteiger partial charge < -0.3 is 19.0 Å². The summed E-state index contributed by atoms with van der Waals surface area (Å²) in [6.07, 6.45) is -1.03. The molecule has 21 heavy (non-hydrogen) atoms. The Morgan fingerprint density at radius 2 is 2.00 bits per heavy atom. The molecule has 7 heteroatoms. The van der Waals surface area contributed by atoms with Crippen molar-refractivity contribution >= 4 is 34.0 Å². The molecule has 0 aliphatic heterocycles. The summed E-state index contributed by atoms with van der Waals surface area (Å²) in [6, 6.07) is 4.81. The second-order valence-corrected chi connectivity index (χ2v) is 5.13. The molecule has 2 atom stereocenters. The van der Waals surface area contributed by atoms with Crippen molar-refractivity contribution < 1.29 is 19.0 Å². The van der Waals surface area contributed by atoms with Crippen molar-refractivity contribution in [3.63, 3.8) is 0 Å². The molecule has 114 valence electrons. The van der Waals surface area contributed by atoms with E-state index < -0.39 is 17.1 Å². The molecule has 0 aliphatic carbocycles. The van der Waals surface area contributed by atoms with Crippen LogP contribution >= 0.6 is 23.2 Å². The summed E-state index contributed by atoms with van der Waals surface area (Å²) in [7, 11) is 2.96. The molecule has 0 saturated carbocycles. The molecule has 2 rings (SSSR count). The summed E-state index contributed by atoms with van der Waals surface area (Å²) < 4.78 is 15.5. The summed E-state index contributed by atoms with van der Waals surface area (Å²) in [5.41, 5.74) is -0.602. The predicted octanol–water partition coefficient (Wildman–Crippen LogP) is 2.69. The number of hydrogen-bond donors (Lipinski definition) is 1. The van der Waals surface area contributed by atoms with Gasteiger partial charge in [-0.05, 0) is 17.5 Å². The maximum absolute atomic E-state index is 12.1. The number of aliphatic hydroxyl groups is 1. The van der Waals surface area contributed by atoms with Crippen molar-refractivity contribution in [1.29, 1.82) is 0 Å². The average Bonchev–Trinajstić information content (AvgIpc) is 2.51. The minimum absolute atomic E-state index is 0.0721. The fraction of sp³-hybridized carbons (Fsp3) is 0.357. The lowest BCUT2D eigenvalue weighted by Crippen LogP contribution is -2.17. The Bertz CT molecular complexity index is 698. The normalized spacial score (nSPS) is 14.0. The SMILES string of the molecule is COc1cc(OC)c2c(=O)oc(C(Cl)C(O)CCl)cc2c1. The first-order valence-corrected chi connectivity index (χ1v) is 7.06. The average molecular weight is 333 g/mol. The van der Waals surface area contributed by atoms with Gasteiger partial charge in [0.25, 0.3) is 0 Å². The molecule has 0 amide bonds. The molecule has 0 radical (unpaired) electrons. The van der Waals surface area contributed by atoms with Crippen molar-refractivity contribution in [1.82, 2.24) is 0 Å². The van der Waals surface area contributed by atoms with Crippen LogP contribution in [0.4, 0.5) is 0 Å². The van der Waals surface area contributed by atoms with E-state index >= 15 is 0 Å². The highest BCUT2D eigenvalue weighted by Gasteiger charge is 2.22. The van der Waals surface area contributed by atoms with Crippen molar-refractivity contribution in [3.05, 3.63) is 34.4 Å². The van der Waals surface area contributed by atoms with Gasteiger partial charge in [0, 0.05) is 6.07 Å². The van der Waals surface area contributed by atoms with Crippen LogP contribution in [-0.2, 0) is 0 Å². The van der Waals surface area contributed by atoms with E-state index in [0.717, 1.165) is 0 Å². The van der Waals surface area contributed by atoms with Crippen LogP contribution in [0.1, 0.15) is 11.1 Å². The largest absolute Gasteiger partial charge is 0.497 e. The zero-order chi connectivity index (χ0) is 15.6. The predicted molar refractivity (Wildman–Crippen MR) is 80.9 cm³/mol. The number of aliphatic hydroxyl groups excluding tert-OH is 1. The summed E-state index contributed by atoms with van der Waals surface area (Å²) in [5, 5.41) is 9.58. The zero-order valence-electron chi connectivity index (χ0n) is 11.4. The highest BCUT2D eigenvalue weighted by molar-refractivity contribution is 6.23. The second-order valence-electron chi connectivity index (χ2n) is 4.35. The third-order valence-electron chi connectivity index (χ3n) is 3.04. The van der Waals surface area contributed by atoms with E-state index in [2.05, 4.69) is 0 Å². The van der Waals surface area contributed by atoms with E-state index in [4.69, 9.17) is 37.1 Å². The molecule has 0 aliphatic rings. The van der Waals surface area contributed by atoms with Crippen molar-refractivity contribution in [3.8, 4) is 11.5 Å². The monoisotopic (exact) mass is 332 g/mol. The van der Waals surface area contributed by atoms with E-state index in [-0.39, 0.29) is 17.0 Å². The molecule has 1 aromatic heterocycles. The van der Waals surface area contributed by atoms with Gasteiger partial charge in [-0.15, -0.1) is 23.2 Å². The second kappa shape index (κ2) is 6.56. The number of fused-ring (bicyclic) bond motifs is 1. The molecule has 0 fully saturated rings. The fourth-order valence-corrected chi connectivity index (χ4v) is 2.43. The van der Waals surface area contributed by atoms with Crippen LogP contribution in [-0.4, -0.2) is 31.3 Å². The highest BCUT2D eigenvalue weighted by atomic mass is 35.5. The van der Waals surface area contributed by atoms with E-state index in [0.29, 0.717) is 16.9 Å². The number of methoxy groups -OCH3 is 2. The van der Waals surface area contributed by atoms with Crippen LogP contribution in [0.15, 0.2) is 27.4 Å². The van der Waals surface area contributed by atoms with Gasteiger partial charge in [0.15, 0.2) is 0 Å². The van der Waals surface area contributed by atoms with Crippen molar-refractivity contribution in [2.75, 3.05) is 20.1 Å². The number of ether oxygens (including phenoxy) is 2. The quantitative estimate of drug-likeness (QED) is 0.852. The van der Waals surface area contributed by atoms with Crippen molar-refractivity contribution in [2.24, 2.45) is 0 Å². The molecule has 1 N–H and O–H groups in total. The summed E-state index contributed by atoms with van der Waals surface area (Å²) in [5.74, 6) is 0.934. The molecule has 0 saturated heterocycles. The lowest BCUT2D eigenvalue weighted by molar-refractivity contribution is 0.182. The Balaban J connectivity index is 2.67. The van der Waals surface area contributed by atoms with Crippen LogP contribution in [0.25, 0.3) is 10.8 Å². The van der Waals surface area contributed by atoms with Crippen LogP contribution in [0, 0.1) is 0 Å². The minimum atomic E-state index is -1.03. The zero-order valence-corrected chi connectivity index (χ0v) is 12.9. The highest BCUT2D eigenvalue weighted by Crippen LogP contribution is 2.32. The minimum Gasteiger partial charge on any atom is -0.497 e. The molecular formula is C14H14Cl2O5. The van der Waals surface area contributed by atoms with Gasteiger partial charge in [-0.25, -0.2) is 4.79 Å². The van der Waals surface area contributed by atoms with Gasteiger partial charge in [0.1, 0.15) is 28.0 Å². The van der Waals surface area contributed by atoms with Gasteiger partial charge in [-0.2, -0.15) is 0 Å². The third-order valence-corrected chi connectivity index (χ3v) is 3.86.